The van der Waals surface area contributed by atoms with E-state index in [2.05, 4.69) is 19.7 Å². The van der Waals surface area contributed by atoms with Crippen molar-refractivity contribution in [3.05, 3.63) is 42.7 Å². The molecule has 0 saturated carbocycles. The minimum atomic E-state index is -3.59. The molecular formula is C11H10N4O2S. The summed E-state index contributed by atoms with van der Waals surface area (Å²) in [5.41, 5.74) is 1.49. The number of nitrogens with zero attached hydrogens (tertiary/aromatic N) is 1. The van der Waals surface area contributed by atoms with Crippen molar-refractivity contribution in [2.75, 3.05) is 4.72 Å². The van der Waals surface area contributed by atoms with E-state index in [1.54, 1.807) is 12.3 Å². The zero-order valence-corrected chi connectivity index (χ0v) is 10.0. The van der Waals surface area contributed by atoms with Gasteiger partial charge in [-0.2, -0.15) is 0 Å². The van der Waals surface area contributed by atoms with Crippen LogP contribution >= 0.6 is 0 Å². The normalized spacial score (nSPS) is 11.8. The number of benzene rings is 1. The fourth-order valence-corrected chi connectivity index (χ4v) is 2.60. The molecule has 1 aromatic carbocycles. The third-order valence-electron chi connectivity index (χ3n) is 2.50. The minimum absolute atomic E-state index is 0.169. The third-order valence-corrected chi connectivity index (χ3v) is 3.84. The second-order valence-corrected chi connectivity index (χ2v) is 5.44. The Morgan fingerprint density at radius 3 is 2.72 bits per heavy atom. The number of anilines is 1. The Morgan fingerprint density at radius 1 is 1.17 bits per heavy atom. The highest BCUT2D eigenvalue weighted by molar-refractivity contribution is 7.92. The number of sulfonamides is 1. The monoisotopic (exact) mass is 262 g/mol. The van der Waals surface area contributed by atoms with Gasteiger partial charge in [0.05, 0.1) is 11.0 Å². The molecule has 0 bridgehead atoms. The smallest absolute Gasteiger partial charge is 0.265 e. The average Bonchev–Trinajstić information content (AvgIpc) is 2.96. The fourth-order valence-electron chi connectivity index (χ4n) is 1.66. The van der Waals surface area contributed by atoms with Gasteiger partial charge in [0.25, 0.3) is 10.0 Å². The summed E-state index contributed by atoms with van der Waals surface area (Å²) in [5.74, 6) is 0.206. The van der Waals surface area contributed by atoms with Gasteiger partial charge in [-0.1, -0.05) is 12.1 Å². The summed E-state index contributed by atoms with van der Waals surface area (Å²) in [6, 6.07) is 8.81. The molecule has 0 aliphatic carbocycles. The minimum Gasteiger partial charge on any atom is -0.366 e. The van der Waals surface area contributed by atoms with Gasteiger partial charge < -0.3 is 9.97 Å². The highest BCUT2D eigenvalue weighted by Crippen LogP contribution is 2.16. The maximum atomic E-state index is 11.9. The number of para-hydroxylation sites is 2. The first-order chi connectivity index (χ1) is 8.65. The SMILES string of the molecule is O=S(=O)(Nc1nc2ccccc2[nH]1)c1cc[nH]c1. The van der Waals surface area contributed by atoms with Crippen molar-refractivity contribution in [3.63, 3.8) is 0 Å². The molecule has 0 saturated heterocycles. The molecule has 0 aliphatic rings. The average molecular weight is 262 g/mol. The number of H-pyrrole nitrogens is 2. The molecule has 0 radical (unpaired) electrons. The van der Waals surface area contributed by atoms with E-state index in [0.717, 1.165) is 5.52 Å². The van der Waals surface area contributed by atoms with Crippen molar-refractivity contribution in [1.29, 1.82) is 0 Å². The highest BCUT2D eigenvalue weighted by atomic mass is 32.2. The molecule has 0 amide bonds. The molecule has 3 aromatic rings. The van der Waals surface area contributed by atoms with Crippen molar-refractivity contribution in [3.8, 4) is 0 Å². The zero-order chi connectivity index (χ0) is 12.6. The van der Waals surface area contributed by atoms with Crippen LogP contribution in [0.1, 0.15) is 0 Å². The standard InChI is InChI=1S/C11H10N4O2S/c16-18(17,8-5-6-12-7-8)15-11-13-9-3-1-2-4-10(9)14-11/h1-7,12H,(H2,13,14,15). The quantitative estimate of drug-likeness (QED) is 0.670. The van der Waals surface area contributed by atoms with Gasteiger partial charge in [0.2, 0.25) is 5.95 Å². The molecule has 7 heteroatoms. The van der Waals surface area contributed by atoms with Crippen LogP contribution in [0.5, 0.6) is 0 Å². The van der Waals surface area contributed by atoms with Gasteiger partial charge in [-0.15, -0.1) is 0 Å². The van der Waals surface area contributed by atoms with Crippen molar-refractivity contribution in [2.45, 2.75) is 4.90 Å². The summed E-state index contributed by atoms with van der Waals surface area (Å²) in [7, 11) is -3.59. The first kappa shape index (κ1) is 10.8. The third kappa shape index (κ3) is 1.84. The number of rotatable bonds is 3. The maximum Gasteiger partial charge on any atom is 0.265 e. The molecule has 0 fully saturated rings. The van der Waals surface area contributed by atoms with E-state index >= 15 is 0 Å². The number of aromatic amines is 2. The van der Waals surface area contributed by atoms with Crippen LogP contribution in [0.4, 0.5) is 5.95 Å². The van der Waals surface area contributed by atoms with E-state index in [0.29, 0.717) is 5.52 Å². The molecule has 0 atom stereocenters. The molecule has 2 aromatic heterocycles. The summed E-state index contributed by atoms with van der Waals surface area (Å²) in [6.45, 7) is 0. The van der Waals surface area contributed by atoms with Crippen molar-refractivity contribution in [1.82, 2.24) is 15.0 Å². The van der Waals surface area contributed by atoms with Crippen LogP contribution < -0.4 is 4.72 Å². The number of hydrogen-bond acceptors (Lipinski definition) is 3. The van der Waals surface area contributed by atoms with Crippen LogP contribution in [0, 0.1) is 0 Å². The van der Waals surface area contributed by atoms with E-state index in [1.807, 2.05) is 18.2 Å². The fraction of sp³-hybridized carbons (Fsp3) is 0. The lowest BCUT2D eigenvalue weighted by Gasteiger charge is -2.01. The number of nitrogens with one attached hydrogen (secondary N) is 3. The van der Waals surface area contributed by atoms with Crippen LogP contribution in [0.2, 0.25) is 0 Å². The number of hydrogen-bond donors (Lipinski definition) is 3. The summed E-state index contributed by atoms with van der Waals surface area (Å²) in [6.07, 6.45) is 2.96. The molecule has 0 aliphatic heterocycles. The van der Waals surface area contributed by atoms with Gasteiger partial charge in [-0.05, 0) is 18.2 Å². The molecule has 92 valence electrons. The van der Waals surface area contributed by atoms with Crippen molar-refractivity contribution < 1.29 is 8.42 Å². The molecule has 6 nitrogen and oxygen atoms in total. The van der Waals surface area contributed by atoms with Gasteiger partial charge in [0.15, 0.2) is 0 Å². The summed E-state index contributed by atoms with van der Waals surface area (Å²) in [5, 5.41) is 0. The molecule has 3 N–H and O–H groups in total. The Kier molecular flexibility index (Phi) is 2.34. The Hall–Kier alpha value is -2.28. The van der Waals surface area contributed by atoms with Crippen LogP contribution in [-0.4, -0.2) is 23.4 Å². The second kappa shape index (κ2) is 3.88. The van der Waals surface area contributed by atoms with Crippen LogP contribution in [0.15, 0.2) is 47.6 Å². The molecule has 0 unspecified atom stereocenters. The van der Waals surface area contributed by atoms with Gasteiger partial charge in [0.1, 0.15) is 4.90 Å². The lowest BCUT2D eigenvalue weighted by atomic mass is 10.3. The Balaban J connectivity index is 1.97. The van der Waals surface area contributed by atoms with Crippen LogP contribution in [0.3, 0.4) is 0 Å². The molecule has 2 heterocycles. The lowest BCUT2D eigenvalue weighted by molar-refractivity contribution is 0.601. The first-order valence-electron chi connectivity index (χ1n) is 5.25. The van der Waals surface area contributed by atoms with Gasteiger partial charge in [-0.3, -0.25) is 0 Å². The van der Waals surface area contributed by atoms with Crippen LogP contribution in [0.25, 0.3) is 11.0 Å². The van der Waals surface area contributed by atoms with Crippen LogP contribution in [-0.2, 0) is 10.0 Å². The summed E-state index contributed by atoms with van der Waals surface area (Å²) in [4.78, 5) is 9.92. The van der Waals surface area contributed by atoms with E-state index in [-0.39, 0.29) is 10.8 Å². The number of imidazole rings is 1. The molecule has 3 rings (SSSR count). The summed E-state index contributed by atoms with van der Waals surface area (Å²) >= 11 is 0. The topological polar surface area (TPSA) is 90.6 Å². The summed E-state index contributed by atoms with van der Waals surface area (Å²) < 4.78 is 26.3. The predicted octanol–water partition coefficient (Wildman–Crippen LogP) is 1.69. The lowest BCUT2D eigenvalue weighted by Crippen LogP contribution is -2.13. The number of aromatic nitrogens is 3. The molecular weight excluding hydrogens is 252 g/mol. The first-order valence-corrected chi connectivity index (χ1v) is 6.74. The zero-order valence-electron chi connectivity index (χ0n) is 9.21. The highest BCUT2D eigenvalue weighted by Gasteiger charge is 2.16. The molecule has 0 spiro atoms. The number of fused-ring (bicyclic) bond motifs is 1. The van der Waals surface area contributed by atoms with Gasteiger partial charge >= 0.3 is 0 Å². The van der Waals surface area contributed by atoms with E-state index in [4.69, 9.17) is 0 Å². The second-order valence-electron chi connectivity index (χ2n) is 3.75. The van der Waals surface area contributed by atoms with E-state index < -0.39 is 10.0 Å². The van der Waals surface area contributed by atoms with Crippen molar-refractivity contribution >= 4 is 27.0 Å². The largest absolute Gasteiger partial charge is 0.366 e. The van der Waals surface area contributed by atoms with Gasteiger partial charge in [-0.25, -0.2) is 18.1 Å². The Labute approximate surface area is 103 Å². The maximum absolute atomic E-state index is 11.9. The van der Waals surface area contributed by atoms with Gasteiger partial charge in [0, 0.05) is 12.4 Å². The molecule has 18 heavy (non-hydrogen) atoms. The Morgan fingerprint density at radius 2 is 2.00 bits per heavy atom. The van der Waals surface area contributed by atoms with E-state index in [1.165, 1.54) is 12.3 Å². The predicted molar refractivity (Wildman–Crippen MR) is 67.7 cm³/mol. The van der Waals surface area contributed by atoms with E-state index in [9.17, 15) is 8.42 Å². The Bertz CT molecular complexity index is 741. The van der Waals surface area contributed by atoms with Crippen molar-refractivity contribution in [2.24, 2.45) is 0 Å².